The van der Waals surface area contributed by atoms with Crippen LogP contribution in [0.2, 0.25) is 5.02 Å². The molecule has 0 aliphatic carbocycles. The third kappa shape index (κ3) is 6.69. The molecule has 0 spiro atoms. The predicted molar refractivity (Wildman–Crippen MR) is 136 cm³/mol. The normalized spacial score (nSPS) is 12.5. The minimum atomic E-state index is -4.75. The quantitative estimate of drug-likeness (QED) is 0.336. The third-order valence-electron chi connectivity index (χ3n) is 5.63. The van der Waals surface area contributed by atoms with E-state index >= 15 is 0 Å². The number of hydrogen-bond donors (Lipinski definition) is 0. The number of carbonyl (C=O) groups excluding carboxylic acids is 2. The molecule has 0 aliphatic heterocycles. The first-order chi connectivity index (χ1) is 17.6. The monoisotopic (exact) mass is 544 g/mol. The Hall–Kier alpha value is -3.90. The summed E-state index contributed by atoms with van der Waals surface area (Å²) >= 11 is 5.90. The lowest BCUT2D eigenvalue weighted by molar-refractivity contribution is -0.137. The van der Waals surface area contributed by atoms with Crippen LogP contribution in [-0.2, 0) is 22.1 Å². The summed E-state index contributed by atoms with van der Waals surface area (Å²) in [5.41, 5.74) is -2.44. The fraction of sp³-hybridized carbons (Fsp3) is 0.286. The molecule has 0 N–H and O–H groups in total. The smallest absolute Gasteiger partial charge is 0.417 e. The van der Waals surface area contributed by atoms with Crippen LogP contribution in [-0.4, -0.2) is 21.9 Å². The second-order valence-corrected chi connectivity index (χ2v) is 10.1. The summed E-state index contributed by atoms with van der Waals surface area (Å²) in [4.78, 5) is 38.0. The first-order valence-electron chi connectivity index (χ1n) is 11.5. The van der Waals surface area contributed by atoms with Gasteiger partial charge in [0.2, 0.25) is 0 Å². The molecule has 6 nitrogen and oxygen atoms in total. The molecule has 0 fully saturated rings. The molecule has 2 aromatic carbocycles. The summed E-state index contributed by atoms with van der Waals surface area (Å²) in [6.07, 6.45) is -3.75. The van der Waals surface area contributed by atoms with Crippen LogP contribution in [0.15, 0.2) is 59.5 Å². The number of Topliss-reactive ketones (excluding diaryl/α,β-unsaturated/α-hetero) is 1. The van der Waals surface area contributed by atoms with Gasteiger partial charge in [-0.3, -0.25) is 9.59 Å². The number of nitriles is 1. The molecule has 3 rings (SSSR count). The number of pyridine rings is 1. The Bertz CT molecular complexity index is 1480. The number of benzene rings is 2. The summed E-state index contributed by atoms with van der Waals surface area (Å²) < 4.78 is 47.1. The van der Waals surface area contributed by atoms with Gasteiger partial charge in [-0.2, -0.15) is 18.4 Å². The molecule has 0 saturated carbocycles. The van der Waals surface area contributed by atoms with E-state index in [0.29, 0.717) is 11.1 Å². The highest BCUT2D eigenvalue weighted by atomic mass is 35.5. The number of hydrogen-bond acceptors (Lipinski definition) is 5. The van der Waals surface area contributed by atoms with Gasteiger partial charge in [0.05, 0.1) is 22.7 Å². The molecule has 1 aromatic heterocycles. The molecule has 38 heavy (non-hydrogen) atoms. The van der Waals surface area contributed by atoms with Crippen LogP contribution in [0.4, 0.5) is 13.2 Å². The van der Waals surface area contributed by atoms with E-state index in [0.717, 1.165) is 35.0 Å². The molecule has 1 atom stereocenters. The van der Waals surface area contributed by atoms with Crippen molar-refractivity contribution in [1.29, 1.82) is 5.26 Å². The van der Waals surface area contributed by atoms with E-state index in [9.17, 15) is 32.8 Å². The van der Waals surface area contributed by atoms with E-state index in [2.05, 4.69) is 0 Å². The highest BCUT2D eigenvalue weighted by molar-refractivity contribution is 6.30. The lowest BCUT2D eigenvalue weighted by atomic mass is 9.96. The summed E-state index contributed by atoms with van der Waals surface area (Å²) in [6, 6.07) is 10.8. The number of nitrogens with zero attached hydrogens (tertiary/aromatic N) is 2. The molecule has 1 unspecified atom stereocenters. The molecule has 0 bridgehead atoms. The Morgan fingerprint density at radius 2 is 1.68 bits per heavy atom. The maximum absolute atomic E-state index is 13.6. The van der Waals surface area contributed by atoms with Crippen LogP contribution < -0.4 is 5.56 Å². The van der Waals surface area contributed by atoms with Crippen molar-refractivity contribution in [2.45, 2.75) is 51.9 Å². The minimum absolute atomic E-state index is 0.00213. The number of esters is 1. The maximum atomic E-state index is 13.6. The highest BCUT2D eigenvalue weighted by Crippen LogP contribution is 2.39. The fourth-order valence-corrected chi connectivity index (χ4v) is 3.92. The van der Waals surface area contributed by atoms with Gasteiger partial charge in [-0.05, 0) is 69.2 Å². The average molecular weight is 545 g/mol. The SMILES string of the molecule is CC(C(=O)Cc1ccc(C(=O)OC(C)(C)C)cc1)n1cc(C#N)c(-c2cc(Cl)ccc2C(F)(F)F)cc1=O. The third-order valence-corrected chi connectivity index (χ3v) is 5.86. The van der Waals surface area contributed by atoms with Crippen LogP contribution in [0.3, 0.4) is 0 Å². The number of carbonyl (C=O) groups is 2. The number of alkyl halides is 3. The molecule has 0 saturated heterocycles. The highest BCUT2D eigenvalue weighted by Gasteiger charge is 2.34. The van der Waals surface area contributed by atoms with Crippen molar-refractivity contribution < 1.29 is 27.5 Å². The zero-order valence-corrected chi connectivity index (χ0v) is 21.8. The van der Waals surface area contributed by atoms with Gasteiger partial charge in [-0.1, -0.05) is 23.7 Å². The molecular weight excluding hydrogens is 521 g/mol. The lowest BCUT2D eigenvalue weighted by Crippen LogP contribution is -2.29. The minimum Gasteiger partial charge on any atom is -0.456 e. The summed E-state index contributed by atoms with van der Waals surface area (Å²) in [5, 5.41) is 9.65. The Kier molecular flexibility index (Phi) is 8.18. The van der Waals surface area contributed by atoms with Crippen LogP contribution in [0.5, 0.6) is 0 Å². The Balaban J connectivity index is 1.89. The van der Waals surface area contributed by atoms with Crippen LogP contribution >= 0.6 is 11.6 Å². The van der Waals surface area contributed by atoms with Gasteiger partial charge in [0.1, 0.15) is 11.7 Å². The van der Waals surface area contributed by atoms with E-state index in [4.69, 9.17) is 16.3 Å². The van der Waals surface area contributed by atoms with E-state index in [1.807, 2.05) is 6.07 Å². The topological polar surface area (TPSA) is 89.2 Å². The van der Waals surface area contributed by atoms with E-state index in [1.165, 1.54) is 19.1 Å². The molecular formula is C28H24ClF3N2O4. The van der Waals surface area contributed by atoms with Crippen molar-refractivity contribution in [2.75, 3.05) is 0 Å². The molecule has 3 aromatic rings. The maximum Gasteiger partial charge on any atom is 0.417 e. The second-order valence-electron chi connectivity index (χ2n) is 9.66. The van der Waals surface area contributed by atoms with Gasteiger partial charge in [-0.25, -0.2) is 4.79 Å². The number of halogens is 4. The summed E-state index contributed by atoms with van der Waals surface area (Å²) in [6.45, 7) is 6.70. The summed E-state index contributed by atoms with van der Waals surface area (Å²) in [7, 11) is 0. The lowest BCUT2D eigenvalue weighted by Gasteiger charge is -2.19. The van der Waals surface area contributed by atoms with E-state index in [1.54, 1.807) is 32.9 Å². The van der Waals surface area contributed by atoms with Gasteiger partial charge in [0.25, 0.3) is 5.56 Å². The van der Waals surface area contributed by atoms with E-state index < -0.39 is 40.5 Å². The van der Waals surface area contributed by atoms with Gasteiger partial charge in [0, 0.05) is 29.3 Å². The molecule has 198 valence electrons. The Labute approximate surface area is 222 Å². The van der Waals surface area contributed by atoms with Gasteiger partial charge in [0.15, 0.2) is 5.78 Å². The first kappa shape index (κ1) is 28.7. The van der Waals surface area contributed by atoms with Crippen molar-refractivity contribution >= 4 is 23.4 Å². The standard InChI is InChI=1S/C28H24ClF3N2O4/c1-16(24(35)11-17-5-7-18(8-6-17)26(37)38-27(2,3)4)34-15-19(14-33)21(13-25(34)36)22-12-20(29)9-10-23(22)28(30,31)32/h5-10,12-13,15-16H,11H2,1-4H3. The Morgan fingerprint density at radius 3 is 2.24 bits per heavy atom. The van der Waals surface area contributed by atoms with Gasteiger partial charge >= 0.3 is 12.1 Å². The van der Waals surface area contributed by atoms with E-state index in [-0.39, 0.29) is 28.4 Å². The summed E-state index contributed by atoms with van der Waals surface area (Å²) in [5.74, 6) is -0.889. The largest absolute Gasteiger partial charge is 0.456 e. The van der Waals surface area contributed by atoms with Crippen LogP contribution in [0, 0.1) is 11.3 Å². The average Bonchev–Trinajstić information content (AvgIpc) is 2.82. The number of ether oxygens (including phenoxy) is 1. The molecule has 10 heteroatoms. The van der Waals surface area contributed by atoms with Crippen LogP contribution in [0.25, 0.3) is 11.1 Å². The van der Waals surface area contributed by atoms with Crippen molar-refractivity contribution in [1.82, 2.24) is 4.57 Å². The predicted octanol–water partition coefficient (Wildman–Crippen LogP) is 6.39. The van der Waals surface area contributed by atoms with Crippen molar-refractivity contribution in [2.24, 2.45) is 0 Å². The molecule has 0 amide bonds. The first-order valence-corrected chi connectivity index (χ1v) is 11.9. The van der Waals surface area contributed by atoms with Gasteiger partial charge in [-0.15, -0.1) is 0 Å². The number of rotatable bonds is 6. The second kappa shape index (κ2) is 10.8. The fourth-order valence-electron chi connectivity index (χ4n) is 3.75. The zero-order valence-electron chi connectivity index (χ0n) is 21.0. The number of ketones is 1. The molecule has 1 heterocycles. The van der Waals surface area contributed by atoms with Gasteiger partial charge < -0.3 is 9.30 Å². The van der Waals surface area contributed by atoms with Crippen molar-refractivity contribution in [3.8, 4) is 17.2 Å². The van der Waals surface area contributed by atoms with Crippen molar-refractivity contribution in [3.05, 3.63) is 92.4 Å². The van der Waals surface area contributed by atoms with Crippen molar-refractivity contribution in [3.63, 3.8) is 0 Å². The number of aromatic nitrogens is 1. The zero-order chi connectivity index (χ0) is 28.4. The Morgan fingerprint density at radius 1 is 1.05 bits per heavy atom. The molecule has 0 aliphatic rings. The molecule has 0 radical (unpaired) electrons. The van der Waals surface area contributed by atoms with Crippen LogP contribution in [0.1, 0.15) is 60.8 Å².